The zero-order valence-corrected chi connectivity index (χ0v) is 17.6. The molecule has 0 spiro atoms. The van der Waals surface area contributed by atoms with E-state index in [1.165, 1.54) is 17.7 Å². The third kappa shape index (κ3) is 3.18. The van der Waals surface area contributed by atoms with Gasteiger partial charge in [-0.2, -0.15) is 4.52 Å². The van der Waals surface area contributed by atoms with Gasteiger partial charge in [0.15, 0.2) is 5.65 Å². The number of hydrogen-bond acceptors (Lipinski definition) is 7. The molecule has 0 saturated carbocycles. The van der Waals surface area contributed by atoms with Gasteiger partial charge in [0.25, 0.3) is 5.56 Å². The quantitative estimate of drug-likeness (QED) is 0.519. The molecule has 0 unspecified atom stereocenters. The molecule has 2 heterocycles. The molecule has 1 N–H and O–H groups in total. The van der Waals surface area contributed by atoms with Crippen molar-refractivity contribution in [1.29, 1.82) is 0 Å². The van der Waals surface area contributed by atoms with Crippen LogP contribution in [0.2, 0.25) is 0 Å². The number of nitrogens with zero attached hydrogens (tertiary/aromatic N) is 3. The van der Waals surface area contributed by atoms with E-state index in [2.05, 4.69) is 15.3 Å². The molecule has 0 saturated heterocycles. The van der Waals surface area contributed by atoms with E-state index in [9.17, 15) is 13.2 Å². The number of aryl methyl sites for hydroxylation is 1. The van der Waals surface area contributed by atoms with Gasteiger partial charge in [-0.25, -0.2) is 8.42 Å². The highest BCUT2D eigenvalue weighted by molar-refractivity contribution is 7.91. The average molecular weight is 428 g/mol. The molecular weight excluding hydrogens is 408 g/mol. The van der Waals surface area contributed by atoms with E-state index in [1.54, 1.807) is 37.3 Å². The van der Waals surface area contributed by atoms with Crippen molar-refractivity contribution < 1.29 is 17.9 Å². The fourth-order valence-corrected chi connectivity index (χ4v) is 4.75. The zero-order chi connectivity index (χ0) is 21.6. The van der Waals surface area contributed by atoms with Crippen molar-refractivity contribution in [3.63, 3.8) is 0 Å². The summed E-state index contributed by atoms with van der Waals surface area (Å²) in [7, 11) is -2.55. The Labute approximate surface area is 172 Å². The first-order valence-corrected chi connectivity index (χ1v) is 10.7. The van der Waals surface area contributed by atoms with Gasteiger partial charge in [0.05, 0.1) is 29.0 Å². The monoisotopic (exact) mass is 428 g/mol. The molecule has 4 rings (SSSR count). The van der Waals surface area contributed by atoms with Gasteiger partial charge in [-0.05, 0) is 56.7 Å². The average Bonchev–Trinajstić information content (AvgIpc) is 3.12. The summed E-state index contributed by atoms with van der Waals surface area (Å²) < 4.78 is 38.8. The SMILES string of the molecule is COc1ccc2c(=O)[nH]c3c(S(=O)(=O)c4ccc(OC(C)C)cc4C)nnn3c2c1. The summed E-state index contributed by atoms with van der Waals surface area (Å²) in [5.74, 6) is 1.08. The molecule has 9 nitrogen and oxygen atoms in total. The second kappa shape index (κ2) is 7.13. The largest absolute Gasteiger partial charge is 0.497 e. The lowest BCUT2D eigenvalue weighted by Crippen LogP contribution is -2.12. The molecule has 0 atom stereocenters. The van der Waals surface area contributed by atoms with Crippen molar-refractivity contribution in [3.8, 4) is 11.5 Å². The summed E-state index contributed by atoms with van der Waals surface area (Å²) in [6, 6.07) is 9.54. The van der Waals surface area contributed by atoms with Crippen LogP contribution in [0.5, 0.6) is 11.5 Å². The van der Waals surface area contributed by atoms with Gasteiger partial charge in [-0.1, -0.05) is 5.21 Å². The van der Waals surface area contributed by atoms with Gasteiger partial charge in [-0.15, -0.1) is 5.10 Å². The molecule has 0 aliphatic carbocycles. The molecule has 10 heteroatoms. The van der Waals surface area contributed by atoms with E-state index in [0.717, 1.165) is 0 Å². The Hall–Kier alpha value is -3.40. The number of hydrogen-bond donors (Lipinski definition) is 1. The Morgan fingerprint density at radius 3 is 2.50 bits per heavy atom. The Morgan fingerprint density at radius 1 is 1.10 bits per heavy atom. The van der Waals surface area contributed by atoms with Crippen LogP contribution in [0.3, 0.4) is 0 Å². The van der Waals surface area contributed by atoms with Gasteiger partial charge in [-0.3, -0.25) is 4.79 Å². The predicted molar refractivity (Wildman–Crippen MR) is 110 cm³/mol. The smallest absolute Gasteiger partial charge is 0.259 e. The first-order chi connectivity index (χ1) is 14.2. The van der Waals surface area contributed by atoms with E-state index in [1.807, 2.05) is 13.8 Å². The van der Waals surface area contributed by atoms with E-state index in [0.29, 0.717) is 28.0 Å². The maximum absolute atomic E-state index is 13.3. The molecule has 156 valence electrons. The van der Waals surface area contributed by atoms with Crippen LogP contribution in [0, 0.1) is 6.92 Å². The van der Waals surface area contributed by atoms with Gasteiger partial charge >= 0.3 is 0 Å². The van der Waals surface area contributed by atoms with Crippen LogP contribution < -0.4 is 15.0 Å². The maximum Gasteiger partial charge on any atom is 0.259 e. The van der Waals surface area contributed by atoms with Gasteiger partial charge < -0.3 is 14.5 Å². The van der Waals surface area contributed by atoms with Crippen molar-refractivity contribution >= 4 is 26.4 Å². The van der Waals surface area contributed by atoms with Crippen LogP contribution in [-0.4, -0.2) is 41.4 Å². The molecule has 0 aliphatic rings. The number of nitrogens with one attached hydrogen (secondary N) is 1. The molecule has 4 aromatic rings. The normalized spacial score (nSPS) is 12.0. The lowest BCUT2D eigenvalue weighted by atomic mass is 10.2. The second-order valence-electron chi connectivity index (χ2n) is 7.09. The Bertz CT molecular complexity index is 1440. The molecule has 0 radical (unpaired) electrons. The predicted octanol–water partition coefficient (Wildman–Crippen LogP) is 2.51. The van der Waals surface area contributed by atoms with Gasteiger partial charge in [0, 0.05) is 6.07 Å². The van der Waals surface area contributed by atoms with Crippen molar-refractivity contribution in [2.75, 3.05) is 7.11 Å². The molecule has 30 heavy (non-hydrogen) atoms. The highest BCUT2D eigenvalue weighted by Crippen LogP contribution is 2.29. The van der Waals surface area contributed by atoms with Crippen molar-refractivity contribution in [3.05, 3.63) is 52.3 Å². The van der Waals surface area contributed by atoms with Crippen molar-refractivity contribution in [2.24, 2.45) is 0 Å². The van der Waals surface area contributed by atoms with E-state index >= 15 is 0 Å². The summed E-state index contributed by atoms with van der Waals surface area (Å²) in [6.07, 6.45) is -0.0384. The number of benzene rings is 2. The minimum absolute atomic E-state index is 0.0114. The lowest BCUT2D eigenvalue weighted by molar-refractivity contribution is 0.242. The Kier molecular flexibility index (Phi) is 4.73. The highest BCUT2D eigenvalue weighted by Gasteiger charge is 2.28. The van der Waals surface area contributed by atoms with E-state index in [-0.39, 0.29) is 21.7 Å². The van der Waals surface area contributed by atoms with E-state index in [4.69, 9.17) is 9.47 Å². The van der Waals surface area contributed by atoms with E-state index < -0.39 is 15.4 Å². The van der Waals surface area contributed by atoms with Crippen LogP contribution in [-0.2, 0) is 9.84 Å². The first kappa shape index (κ1) is 19.9. The number of methoxy groups -OCH3 is 1. The summed E-state index contributed by atoms with van der Waals surface area (Å²) in [5, 5.41) is 7.87. The van der Waals surface area contributed by atoms with Crippen LogP contribution in [0.15, 0.2) is 51.1 Å². The zero-order valence-electron chi connectivity index (χ0n) is 16.8. The standard InChI is InChI=1S/C20H20N4O5S/c1-11(2)29-14-6-8-17(12(3)9-14)30(26,27)20-18-21-19(25)15-7-5-13(28-4)10-16(15)24(18)23-22-20/h5-11H,1-4H3,(H,21,25). The number of aromatic nitrogens is 4. The number of ether oxygens (including phenoxy) is 2. The highest BCUT2D eigenvalue weighted by atomic mass is 32.2. The number of sulfone groups is 1. The summed E-state index contributed by atoms with van der Waals surface area (Å²) in [5.41, 5.74) is 0.428. The number of rotatable bonds is 5. The molecule has 0 aliphatic heterocycles. The fraction of sp³-hybridized carbons (Fsp3) is 0.250. The molecule has 2 aromatic carbocycles. The number of H-pyrrole nitrogens is 1. The summed E-state index contributed by atoms with van der Waals surface area (Å²) >= 11 is 0. The molecular formula is C20H20N4O5S. The van der Waals surface area contributed by atoms with Gasteiger partial charge in [0.2, 0.25) is 14.9 Å². The Morgan fingerprint density at radius 2 is 1.83 bits per heavy atom. The third-order valence-corrected chi connectivity index (χ3v) is 6.43. The summed E-state index contributed by atoms with van der Waals surface area (Å²) in [4.78, 5) is 15.2. The minimum atomic E-state index is -4.05. The van der Waals surface area contributed by atoms with Crippen LogP contribution >= 0.6 is 0 Å². The number of fused-ring (bicyclic) bond motifs is 3. The summed E-state index contributed by atoms with van der Waals surface area (Å²) in [6.45, 7) is 5.45. The van der Waals surface area contributed by atoms with Crippen molar-refractivity contribution in [1.82, 2.24) is 19.8 Å². The molecule has 0 amide bonds. The molecule has 2 aromatic heterocycles. The fourth-order valence-electron chi connectivity index (χ4n) is 3.28. The minimum Gasteiger partial charge on any atom is -0.497 e. The van der Waals surface area contributed by atoms with Crippen LogP contribution in [0.4, 0.5) is 0 Å². The third-order valence-electron chi connectivity index (χ3n) is 4.61. The van der Waals surface area contributed by atoms with Crippen LogP contribution in [0.1, 0.15) is 19.4 Å². The second-order valence-corrected chi connectivity index (χ2v) is 8.92. The lowest BCUT2D eigenvalue weighted by Gasteiger charge is -2.12. The maximum atomic E-state index is 13.3. The molecule has 0 bridgehead atoms. The van der Waals surface area contributed by atoms with Crippen LogP contribution in [0.25, 0.3) is 16.6 Å². The Balaban J connectivity index is 1.92. The molecule has 0 fully saturated rings. The topological polar surface area (TPSA) is 116 Å². The van der Waals surface area contributed by atoms with Crippen molar-refractivity contribution in [2.45, 2.75) is 36.8 Å². The first-order valence-electron chi connectivity index (χ1n) is 9.20. The number of aromatic amines is 1. The van der Waals surface area contributed by atoms with Gasteiger partial charge in [0.1, 0.15) is 11.5 Å².